The molecule has 36 heavy (non-hydrogen) atoms. The fraction of sp³-hybridized carbons (Fsp3) is 0.385. The number of methoxy groups -OCH3 is 1. The highest BCUT2D eigenvalue weighted by Gasteiger charge is 2.25. The van der Waals surface area contributed by atoms with E-state index in [1.54, 1.807) is 12.4 Å². The third kappa shape index (κ3) is 5.20. The summed E-state index contributed by atoms with van der Waals surface area (Å²) in [4.78, 5) is 8.92. The summed E-state index contributed by atoms with van der Waals surface area (Å²) in [6.45, 7) is 1.05. The molecule has 3 atom stereocenters. The van der Waals surface area contributed by atoms with Gasteiger partial charge in [0.1, 0.15) is 25.3 Å². The molecule has 1 aromatic carbocycles. The number of aromatic nitrogens is 2. The van der Waals surface area contributed by atoms with Crippen LogP contribution in [0, 0.1) is 5.82 Å². The summed E-state index contributed by atoms with van der Waals surface area (Å²) >= 11 is 0. The molecular formula is C26H31FN6O3. The normalized spacial score (nSPS) is 20.0. The zero-order valence-electron chi connectivity index (χ0n) is 20.2. The van der Waals surface area contributed by atoms with Gasteiger partial charge < -0.3 is 36.3 Å². The van der Waals surface area contributed by atoms with Crippen molar-refractivity contribution in [2.45, 2.75) is 44.0 Å². The largest absolute Gasteiger partial charge is 0.486 e. The van der Waals surface area contributed by atoms with Crippen LogP contribution >= 0.6 is 0 Å². The van der Waals surface area contributed by atoms with Crippen LogP contribution in [0.3, 0.4) is 0 Å². The zero-order chi connectivity index (χ0) is 25.1. The molecule has 0 bridgehead atoms. The van der Waals surface area contributed by atoms with Crippen LogP contribution in [0.2, 0.25) is 0 Å². The average Bonchev–Trinajstić information content (AvgIpc) is 2.91. The number of pyridine rings is 2. The van der Waals surface area contributed by atoms with Crippen molar-refractivity contribution >= 4 is 17.3 Å². The van der Waals surface area contributed by atoms with Crippen LogP contribution in [-0.2, 0) is 4.74 Å². The fourth-order valence-corrected chi connectivity index (χ4v) is 4.59. The van der Waals surface area contributed by atoms with Crippen LogP contribution in [0.25, 0.3) is 11.1 Å². The number of nitrogens with one attached hydrogen (secondary N) is 2. The van der Waals surface area contributed by atoms with Gasteiger partial charge in [0.15, 0.2) is 23.1 Å². The maximum absolute atomic E-state index is 15.0. The Bertz CT molecular complexity index is 1230. The van der Waals surface area contributed by atoms with E-state index in [-0.39, 0.29) is 17.9 Å². The topological polar surface area (TPSA) is 130 Å². The summed E-state index contributed by atoms with van der Waals surface area (Å²) in [7, 11) is 1.46. The van der Waals surface area contributed by atoms with Gasteiger partial charge in [0.2, 0.25) is 0 Å². The Morgan fingerprint density at radius 3 is 2.64 bits per heavy atom. The lowest BCUT2D eigenvalue weighted by molar-refractivity contribution is 0.109. The maximum atomic E-state index is 15.0. The lowest BCUT2D eigenvalue weighted by Crippen LogP contribution is -2.43. The number of anilines is 3. The second kappa shape index (κ2) is 10.7. The van der Waals surface area contributed by atoms with E-state index in [2.05, 4.69) is 20.6 Å². The number of rotatable bonds is 7. The fourth-order valence-electron chi connectivity index (χ4n) is 4.59. The molecule has 9 nitrogen and oxygen atoms in total. The van der Waals surface area contributed by atoms with Gasteiger partial charge in [0, 0.05) is 36.5 Å². The number of hydrogen-bond acceptors (Lipinski definition) is 9. The van der Waals surface area contributed by atoms with E-state index in [1.807, 2.05) is 24.3 Å². The molecule has 190 valence electrons. The van der Waals surface area contributed by atoms with Crippen molar-refractivity contribution in [2.75, 3.05) is 31.0 Å². The molecule has 2 aliphatic rings. The third-order valence-corrected chi connectivity index (χ3v) is 6.58. The minimum absolute atomic E-state index is 0.0456. The monoisotopic (exact) mass is 494 g/mol. The Morgan fingerprint density at radius 1 is 1.03 bits per heavy atom. The summed E-state index contributed by atoms with van der Waals surface area (Å²) < 4.78 is 31.6. The Hall–Kier alpha value is -3.47. The van der Waals surface area contributed by atoms with Crippen LogP contribution < -0.4 is 31.6 Å². The Morgan fingerprint density at radius 2 is 1.83 bits per heavy atom. The highest BCUT2D eigenvalue weighted by Crippen LogP contribution is 2.35. The van der Waals surface area contributed by atoms with E-state index in [1.165, 1.54) is 13.2 Å². The molecule has 5 rings (SSSR count). The van der Waals surface area contributed by atoms with Crippen LogP contribution in [0.5, 0.6) is 11.5 Å². The van der Waals surface area contributed by atoms with Gasteiger partial charge in [-0.3, -0.25) is 4.98 Å². The first-order valence-electron chi connectivity index (χ1n) is 12.1. The molecule has 2 aromatic heterocycles. The van der Waals surface area contributed by atoms with E-state index in [4.69, 9.17) is 25.7 Å². The minimum Gasteiger partial charge on any atom is -0.486 e. The van der Waals surface area contributed by atoms with Crippen molar-refractivity contribution in [3.05, 3.63) is 54.1 Å². The van der Waals surface area contributed by atoms with Gasteiger partial charge in [-0.2, -0.15) is 0 Å². The van der Waals surface area contributed by atoms with Gasteiger partial charge in [-0.05, 0) is 42.7 Å². The molecule has 0 saturated heterocycles. The van der Waals surface area contributed by atoms with Gasteiger partial charge in [0.05, 0.1) is 11.9 Å². The molecule has 1 unspecified atom stereocenters. The van der Waals surface area contributed by atoms with Gasteiger partial charge in [-0.15, -0.1) is 0 Å². The van der Waals surface area contributed by atoms with Crippen LogP contribution in [-0.4, -0.2) is 42.4 Å². The lowest BCUT2D eigenvalue weighted by atomic mass is 9.91. The molecule has 3 heterocycles. The van der Waals surface area contributed by atoms with Crippen LogP contribution in [0.1, 0.15) is 37.5 Å². The van der Waals surface area contributed by atoms with Gasteiger partial charge in [-0.25, -0.2) is 9.37 Å². The first kappa shape index (κ1) is 24.2. The first-order chi connectivity index (χ1) is 17.5. The van der Waals surface area contributed by atoms with Crippen molar-refractivity contribution in [1.82, 2.24) is 9.97 Å². The van der Waals surface area contributed by atoms with Crippen LogP contribution in [0.4, 0.5) is 21.7 Å². The molecule has 0 amide bonds. The van der Waals surface area contributed by atoms with E-state index in [9.17, 15) is 0 Å². The SMILES string of the molecule is COC(N)c1cc(F)c(N[C@@H]2CCCC[C@@H]2N)nc1Nc1cncc(-c2ccc3c(c2)OCCO3)c1. The lowest BCUT2D eigenvalue weighted by Gasteiger charge is -2.30. The summed E-state index contributed by atoms with van der Waals surface area (Å²) in [5.41, 5.74) is 15.2. The second-order valence-corrected chi connectivity index (χ2v) is 9.06. The molecule has 1 aliphatic carbocycles. The van der Waals surface area contributed by atoms with E-state index in [0.29, 0.717) is 36.0 Å². The summed E-state index contributed by atoms with van der Waals surface area (Å²) in [6, 6.07) is 8.93. The van der Waals surface area contributed by atoms with E-state index < -0.39 is 12.0 Å². The van der Waals surface area contributed by atoms with Crippen molar-refractivity contribution < 1.29 is 18.6 Å². The molecule has 0 spiro atoms. The number of ether oxygens (including phenoxy) is 3. The smallest absolute Gasteiger partial charge is 0.166 e. The van der Waals surface area contributed by atoms with Gasteiger partial charge >= 0.3 is 0 Å². The standard InChI is InChI=1S/C26H31FN6O3/c1-34-24(29)18-12-19(27)26(32-21-5-3-2-4-20(21)28)33-25(18)31-17-10-16(13-30-14-17)15-6-7-22-23(11-15)36-9-8-35-22/h6-7,10-14,20-21,24H,2-5,8-9,28-29H2,1H3,(H2,31,32,33)/t20-,21+,24?/m0/s1. The molecule has 1 saturated carbocycles. The van der Waals surface area contributed by atoms with Crippen molar-refractivity contribution in [2.24, 2.45) is 11.5 Å². The molecule has 1 fully saturated rings. The molecule has 6 N–H and O–H groups in total. The first-order valence-corrected chi connectivity index (χ1v) is 12.1. The number of halogens is 1. The molecular weight excluding hydrogens is 463 g/mol. The Balaban J connectivity index is 1.44. The van der Waals surface area contributed by atoms with Crippen molar-refractivity contribution in [3.63, 3.8) is 0 Å². The molecule has 1 aliphatic heterocycles. The molecule has 10 heteroatoms. The van der Waals surface area contributed by atoms with Crippen LogP contribution in [0.15, 0.2) is 42.7 Å². The number of benzene rings is 1. The zero-order valence-corrected chi connectivity index (χ0v) is 20.2. The van der Waals surface area contributed by atoms with Gasteiger partial charge in [-0.1, -0.05) is 18.9 Å². The summed E-state index contributed by atoms with van der Waals surface area (Å²) in [5.74, 6) is 1.41. The summed E-state index contributed by atoms with van der Waals surface area (Å²) in [6.07, 6.45) is 6.45. The van der Waals surface area contributed by atoms with E-state index in [0.717, 1.165) is 42.6 Å². The third-order valence-electron chi connectivity index (χ3n) is 6.58. The highest BCUT2D eigenvalue weighted by atomic mass is 19.1. The molecule has 3 aromatic rings. The van der Waals surface area contributed by atoms with Crippen molar-refractivity contribution in [3.8, 4) is 22.6 Å². The predicted molar refractivity (Wildman–Crippen MR) is 136 cm³/mol. The second-order valence-electron chi connectivity index (χ2n) is 9.06. The van der Waals surface area contributed by atoms with Crippen molar-refractivity contribution in [1.29, 1.82) is 0 Å². The number of fused-ring (bicyclic) bond motifs is 1. The maximum Gasteiger partial charge on any atom is 0.166 e. The molecule has 0 radical (unpaired) electrons. The quantitative estimate of drug-likeness (QED) is 0.359. The Labute approximate surface area is 209 Å². The minimum atomic E-state index is -0.866. The number of hydrogen-bond donors (Lipinski definition) is 4. The van der Waals surface area contributed by atoms with E-state index >= 15 is 4.39 Å². The number of nitrogens with two attached hydrogens (primary N) is 2. The number of nitrogens with zero attached hydrogens (tertiary/aromatic N) is 2. The predicted octanol–water partition coefficient (Wildman–Crippen LogP) is 4.08. The Kier molecular flexibility index (Phi) is 7.17. The highest BCUT2D eigenvalue weighted by molar-refractivity contribution is 5.72. The average molecular weight is 495 g/mol. The van der Waals surface area contributed by atoms with Gasteiger partial charge in [0.25, 0.3) is 0 Å². The summed E-state index contributed by atoms with van der Waals surface area (Å²) in [5, 5.41) is 6.45.